The molecule has 1 aromatic heterocycles. The van der Waals surface area contributed by atoms with Crippen molar-refractivity contribution in [3.8, 4) is 11.8 Å². The normalized spacial score (nSPS) is 26.9. The zero-order valence-corrected chi connectivity index (χ0v) is 18.1. The lowest BCUT2D eigenvalue weighted by molar-refractivity contribution is 0.417. The van der Waals surface area contributed by atoms with Crippen LogP contribution >= 0.6 is 0 Å². The van der Waals surface area contributed by atoms with Crippen LogP contribution < -0.4 is 16.0 Å². The predicted octanol–water partition coefficient (Wildman–Crippen LogP) is 3.18. The molecule has 0 amide bonds. The summed E-state index contributed by atoms with van der Waals surface area (Å²) in [5, 5.41) is 10.6. The van der Waals surface area contributed by atoms with Crippen LogP contribution in [0.3, 0.4) is 0 Å². The number of hydrogen-bond acceptors (Lipinski definition) is 5. The van der Waals surface area contributed by atoms with E-state index in [-0.39, 0.29) is 6.04 Å². The Morgan fingerprint density at radius 1 is 0.906 bits per heavy atom. The van der Waals surface area contributed by atoms with Crippen LogP contribution in [0, 0.1) is 11.8 Å². The minimum atomic E-state index is 0.135. The maximum Gasteiger partial charge on any atom is 0.124 e. The molecule has 3 aromatic rings. The van der Waals surface area contributed by atoms with E-state index in [1.54, 1.807) is 0 Å². The van der Waals surface area contributed by atoms with Crippen molar-refractivity contribution in [1.82, 2.24) is 25.9 Å². The predicted molar refractivity (Wildman–Crippen MR) is 128 cm³/mol. The highest BCUT2D eigenvalue weighted by atomic mass is 15.1. The van der Waals surface area contributed by atoms with Crippen LogP contribution in [0.4, 0.5) is 0 Å². The highest BCUT2D eigenvalue weighted by molar-refractivity contribution is 5.77. The van der Waals surface area contributed by atoms with Crippen LogP contribution in [0.15, 0.2) is 47.5 Å². The van der Waals surface area contributed by atoms with E-state index in [1.807, 2.05) is 6.34 Å². The summed E-state index contributed by atoms with van der Waals surface area (Å²) in [5.41, 5.74) is 5.26. The van der Waals surface area contributed by atoms with E-state index in [1.165, 1.54) is 24.8 Å². The minimum Gasteiger partial charge on any atom is -0.370 e. The van der Waals surface area contributed by atoms with Crippen molar-refractivity contribution in [3.63, 3.8) is 0 Å². The van der Waals surface area contributed by atoms with Crippen molar-refractivity contribution in [2.24, 2.45) is 4.99 Å². The van der Waals surface area contributed by atoms with Gasteiger partial charge in [0.1, 0.15) is 5.82 Å². The molecule has 162 valence electrons. The molecule has 0 spiro atoms. The fourth-order valence-corrected chi connectivity index (χ4v) is 5.17. The third-order valence-corrected chi connectivity index (χ3v) is 6.85. The van der Waals surface area contributed by atoms with Crippen LogP contribution in [0.2, 0.25) is 0 Å². The Morgan fingerprint density at radius 2 is 1.78 bits per heavy atom. The van der Waals surface area contributed by atoms with E-state index in [0.29, 0.717) is 18.1 Å². The number of benzene rings is 2. The summed E-state index contributed by atoms with van der Waals surface area (Å²) in [6, 6.07) is 16.0. The molecule has 3 aliphatic rings. The Bertz CT molecular complexity index is 1200. The zero-order valence-electron chi connectivity index (χ0n) is 18.1. The molecule has 0 aliphatic carbocycles. The molecule has 0 radical (unpaired) electrons. The topological polar surface area (TPSA) is 77.1 Å². The van der Waals surface area contributed by atoms with Gasteiger partial charge in [-0.2, -0.15) is 0 Å². The van der Waals surface area contributed by atoms with E-state index in [0.717, 1.165) is 47.5 Å². The van der Waals surface area contributed by atoms with Crippen LogP contribution in [0.1, 0.15) is 60.3 Å². The number of aromatic amines is 1. The number of imidazole rings is 1. The van der Waals surface area contributed by atoms with Gasteiger partial charge in [0.05, 0.1) is 35.5 Å². The highest BCUT2D eigenvalue weighted by Crippen LogP contribution is 2.29. The van der Waals surface area contributed by atoms with Crippen LogP contribution in [0.25, 0.3) is 11.0 Å². The average Bonchev–Trinajstić information content (AvgIpc) is 3.63. The molecule has 2 unspecified atom stereocenters. The van der Waals surface area contributed by atoms with Gasteiger partial charge in [0.2, 0.25) is 0 Å². The van der Waals surface area contributed by atoms with Crippen molar-refractivity contribution < 1.29 is 0 Å². The maximum absolute atomic E-state index is 4.81. The van der Waals surface area contributed by atoms with Gasteiger partial charge in [-0.3, -0.25) is 4.99 Å². The lowest BCUT2D eigenvalue weighted by Gasteiger charge is -2.25. The first-order chi connectivity index (χ1) is 15.8. The van der Waals surface area contributed by atoms with Gasteiger partial charge in [-0.15, -0.1) is 0 Å². The van der Waals surface area contributed by atoms with Gasteiger partial charge in [-0.05, 0) is 74.7 Å². The van der Waals surface area contributed by atoms with Gasteiger partial charge in [0.25, 0.3) is 0 Å². The van der Waals surface area contributed by atoms with E-state index in [9.17, 15) is 0 Å². The van der Waals surface area contributed by atoms with Crippen LogP contribution in [0.5, 0.6) is 0 Å². The molecule has 0 bridgehead atoms. The number of fused-ring (bicyclic) bond motifs is 1. The Hall–Kier alpha value is -3.14. The lowest BCUT2D eigenvalue weighted by Crippen LogP contribution is -2.44. The molecule has 6 nitrogen and oxygen atoms in total. The second-order valence-electron chi connectivity index (χ2n) is 9.00. The quantitative estimate of drug-likeness (QED) is 0.487. The summed E-state index contributed by atoms with van der Waals surface area (Å²) in [6.07, 6.45) is 6.64. The zero-order chi connectivity index (χ0) is 21.3. The maximum atomic E-state index is 4.81. The monoisotopic (exact) mass is 424 g/mol. The molecular formula is C26H28N6. The van der Waals surface area contributed by atoms with Crippen molar-refractivity contribution in [1.29, 1.82) is 0 Å². The van der Waals surface area contributed by atoms with Crippen molar-refractivity contribution in [2.45, 2.75) is 49.9 Å². The number of nitrogens with one attached hydrogen (secondary N) is 4. The summed E-state index contributed by atoms with van der Waals surface area (Å²) in [5.74, 6) is 7.71. The molecule has 2 aromatic carbocycles. The fourth-order valence-electron chi connectivity index (χ4n) is 5.17. The first-order valence-electron chi connectivity index (χ1n) is 11.7. The second kappa shape index (κ2) is 8.42. The molecule has 2 fully saturated rings. The van der Waals surface area contributed by atoms with E-state index >= 15 is 0 Å². The van der Waals surface area contributed by atoms with Crippen LogP contribution in [-0.2, 0) is 0 Å². The van der Waals surface area contributed by atoms with Gasteiger partial charge < -0.3 is 20.9 Å². The van der Waals surface area contributed by atoms with Crippen molar-refractivity contribution in [2.75, 3.05) is 13.1 Å². The number of rotatable bonds is 3. The lowest BCUT2D eigenvalue weighted by atomic mass is 9.93. The number of hydrogen-bond donors (Lipinski definition) is 4. The van der Waals surface area contributed by atoms with E-state index in [4.69, 9.17) is 9.98 Å². The Morgan fingerprint density at radius 3 is 2.62 bits per heavy atom. The third-order valence-electron chi connectivity index (χ3n) is 6.85. The molecule has 0 saturated carbocycles. The molecule has 6 heteroatoms. The fraction of sp³-hybridized carbons (Fsp3) is 0.385. The Balaban J connectivity index is 1.23. The van der Waals surface area contributed by atoms with Gasteiger partial charge in [0, 0.05) is 17.2 Å². The second-order valence-corrected chi connectivity index (χ2v) is 9.00. The standard InChI is InChI=1S/C26H28N6/c1-4-17(14-19(5-1)24-25(30-16-29-24)21-6-2-12-27-21)8-9-18-10-11-20-23(15-18)32-26(31-20)22-7-3-13-28-22/h1,4-5,10-11,14-16,21-22,24-25,27-28H,2-3,6-7,12-13H2,(H,29,30)(H,31,32)/t21-,22-,24?,25?/m0/s1. The minimum absolute atomic E-state index is 0.135. The summed E-state index contributed by atoms with van der Waals surface area (Å²) in [4.78, 5) is 13.0. The highest BCUT2D eigenvalue weighted by Gasteiger charge is 2.34. The number of H-pyrrole nitrogens is 1. The molecule has 4 heterocycles. The molecular weight excluding hydrogens is 396 g/mol. The average molecular weight is 425 g/mol. The van der Waals surface area contributed by atoms with Gasteiger partial charge >= 0.3 is 0 Å². The Kier molecular flexibility index (Phi) is 5.14. The summed E-state index contributed by atoms with van der Waals surface area (Å²) >= 11 is 0. The third kappa shape index (κ3) is 3.79. The first-order valence-corrected chi connectivity index (χ1v) is 11.7. The number of aromatic nitrogens is 2. The smallest absolute Gasteiger partial charge is 0.124 e. The van der Waals surface area contributed by atoms with Crippen molar-refractivity contribution >= 4 is 17.4 Å². The first kappa shape index (κ1) is 19.5. The summed E-state index contributed by atoms with van der Waals surface area (Å²) < 4.78 is 0. The molecule has 4 atom stereocenters. The van der Waals surface area contributed by atoms with Gasteiger partial charge in [0.15, 0.2) is 0 Å². The van der Waals surface area contributed by atoms with Crippen molar-refractivity contribution in [3.05, 3.63) is 65.0 Å². The van der Waals surface area contributed by atoms with E-state index < -0.39 is 0 Å². The SMILES string of the molecule is C(#Cc1ccc2[nH]c([C@@H]3CCCN3)nc2c1)c1cccc(C2N=CNC2[C@@H]2CCCN2)c1. The number of nitrogens with zero attached hydrogens (tertiary/aromatic N) is 2. The Labute approximate surface area is 188 Å². The summed E-state index contributed by atoms with van der Waals surface area (Å²) in [6.45, 7) is 2.16. The molecule has 32 heavy (non-hydrogen) atoms. The molecule has 4 N–H and O–H groups in total. The van der Waals surface area contributed by atoms with E-state index in [2.05, 4.69) is 75.2 Å². The van der Waals surface area contributed by atoms with Gasteiger partial charge in [-0.25, -0.2) is 4.98 Å². The molecule has 2 saturated heterocycles. The summed E-state index contributed by atoms with van der Waals surface area (Å²) in [7, 11) is 0. The van der Waals surface area contributed by atoms with Crippen LogP contribution in [-0.4, -0.2) is 41.5 Å². The molecule has 6 rings (SSSR count). The molecule has 3 aliphatic heterocycles. The van der Waals surface area contributed by atoms with Gasteiger partial charge in [-0.1, -0.05) is 24.0 Å². The number of aliphatic imine (C=N–C) groups is 1. The largest absolute Gasteiger partial charge is 0.370 e.